The molecule has 0 aliphatic rings. The van der Waals surface area contributed by atoms with E-state index in [0.29, 0.717) is 17.1 Å². The minimum Gasteiger partial charge on any atom is -0.491 e. The average Bonchev–Trinajstić information content (AvgIpc) is 2.70. The topological polar surface area (TPSA) is 109 Å². The van der Waals surface area contributed by atoms with Gasteiger partial charge in [0, 0.05) is 9.99 Å². The van der Waals surface area contributed by atoms with Crippen LogP contribution in [-0.2, 0) is 16.0 Å². The number of aliphatic hydroxyl groups is 1. The summed E-state index contributed by atoms with van der Waals surface area (Å²) >= 11 is 2.11. The lowest BCUT2D eigenvalue weighted by molar-refractivity contribution is -0.153. The quantitative estimate of drug-likeness (QED) is 0.433. The Bertz CT molecular complexity index is 895. The van der Waals surface area contributed by atoms with Crippen LogP contribution in [0.3, 0.4) is 0 Å². The van der Waals surface area contributed by atoms with Crippen LogP contribution < -0.4 is 9.47 Å². The van der Waals surface area contributed by atoms with Gasteiger partial charge in [0.05, 0.1) is 11.7 Å². The molecule has 2 N–H and O–H groups in total. The van der Waals surface area contributed by atoms with Gasteiger partial charge in [0.2, 0.25) is 0 Å². The summed E-state index contributed by atoms with van der Waals surface area (Å²) in [5.74, 6) is -0.106. The minimum absolute atomic E-state index is 0.0133. The molecule has 0 saturated heterocycles. The molecule has 0 saturated carbocycles. The fourth-order valence-corrected chi connectivity index (χ4v) is 3.13. The zero-order chi connectivity index (χ0) is 22.1. The number of nitriles is 1. The van der Waals surface area contributed by atoms with Crippen LogP contribution in [0.15, 0.2) is 42.5 Å². The summed E-state index contributed by atoms with van der Waals surface area (Å²) in [6.45, 7) is 3.53. The molecule has 0 radical (unpaired) electrons. The van der Waals surface area contributed by atoms with E-state index in [4.69, 9.17) is 19.5 Å². The van der Waals surface area contributed by atoms with Crippen molar-refractivity contribution in [3.05, 3.63) is 57.2 Å². The second kappa shape index (κ2) is 11.7. The van der Waals surface area contributed by atoms with Crippen LogP contribution >= 0.6 is 22.6 Å². The fraction of sp³-hybridized carbons (Fsp3) is 0.364. The maximum Gasteiger partial charge on any atom is 0.333 e. The van der Waals surface area contributed by atoms with E-state index in [1.165, 1.54) is 0 Å². The molecule has 2 aromatic rings. The molecule has 0 aromatic heterocycles. The van der Waals surface area contributed by atoms with E-state index < -0.39 is 18.2 Å². The summed E-state index contributed by atoms with van der Waals surface area (Å²) in [7, 11) is 0. The number of aliphatic carboxylic acids is 1. The number of aliphatic hydroxyl groups excluding tert-OH is 1. The first-order chi connectivity index (χ1) is 14.3. The highest BCUT2D eigenvalue weighted by Crippen LogP contribution is 2.21. The number of carboxylic acid groups (broad SMARTS) is 1. The molecular weight excluding hydrogens is 501 g/mol. The Kier molecular flexibility index (Phi) is 9.36. The van der Waals surface area contributed by atoms with Gasteiger partial charge in [-0.25, -0.2) is 4.79 Å². The fourth-order valence-electron chi connectivity index (χ4n) is 2.64. The largest absolute Gasteiger partial charge is 0.491 e. The van der Waals surface area contributed by atoms with Gasteiger partial charge in [0.25, 0.3) is 0 Å². The van der Waals surface area contributed by atoms with Gasteiger partial charge in [-0.2, -0.15) is 5.26 Å². The average molecular weight is 525 g/mol. The second-order valence-corrected chi connectivity index (χ2v) is 8.14. The van der Waals surface area contributed by atoms with Crippen LogP contribution in [-0.4, -0.2) is 47.7 Å². The van der Waals surface area contributed by atoms with E-state index in [-0.39, 0.29) is 25.7 Å². The van der Waals surface area contributed by atoms with Crippen LogP contribution in [0.25, 0.3) is 0 Å². The maximum absolute atomic E-state index is 11.4. The Morgan fingerprint density at radius 2 is 1.90 bits per heavy atom. The minimum atomic E-state index is -1.02. The van der Waals surface area contributed by atoms with E-state index >= 15 is 0 Å². The number of hydrogen-bond donors (Lipinski definition) is 2. The number of rotatable bonds is 11. The number of benzene rings is 2. The molecule has 0 heterocycles. The molecule has 2 unspecified atom stereocenters. The summed E-state index contributed by atoms with van der Waals surface area (Å²) in [6, 6.07) is 14.3. The molecule has 0 fully saturated rings. The molecule has 0 bridgehead atoms. The van der Waals surface area contributed by atoms with Gasteiger partial charge in [-0.05, 0) is 72.3 Å². The number of carbonyl (C=O) groups is 1. The third-order valence-corrected chi connectivity index (χ3v) is 4.64. The standard InChI is InChI=1S/C22H24INO6/c1-14(2)30-21(22(26)27)9-15-4-3-5-19(8-15)28-12-18(25)13-29-20-7-6-17(23)10-16(20)11-24/h3-8,10,14,18,21,25H,9,12-13H2,1-2H3,(H,26,27). The summed E-state index contributed by atoms with van der Waals surface area (Å²) in [6.07, 6.45) is -1.84. The highest BCUT2D eigenvalue weighted by Gasteiger charge is 2.20. The summed E-state index contributed by atoms with van der Waals surface area (Å²) in [5, 5.41) is 28.6. The molecule has 2 atom stereocenters. The van der Waals surface area contributed by atoms with E-state index in [1.807, 2.05) is 6.07 Å². The number of halogens is 1. The number of carboxylic acids is 1. The molecule has 0 amide bonds. The number of hydrogen-bond acceptors (Lipinski definition) is 6. The van der Waals surface area contributed by atoms with Gasteiger partial charge in [-0.1, -0.05) is 12.1 Å². The Labute approximate surface area is 189 Å². The third kappa shape index (κ3) is 7.82. The van der Waals surface area contributed by atoms with Gasteiger partial charge in [0.15, 0.2) is 6.10 Å². The monoisotopic (exact) mass is 525 g/mol. The highest BCUT2D eigenvalue weighted by molar-refractivity contribution is 14.1. The lowest BCUT2D eigenvalue weighted by Crippen LogP contribution is -2.29. The van der Waals surface area contributed by atoms with Crippen molar-refractivity contribution in [2.75, 3.05) is 13.2 Å². The normalized spacial score (nSPS) is 12.8. The van der Waals surface area contributed by atoms with Crippen molar-refractivity contribution >= 4 is 28.6 Å². The molecule has 2 rings (SSSR count). The van der Waals surface area contributed by atoms with Crippen LogP contribution in [0.4, 0.5) is 0 Å². The smallest absolute Gasteiger partial charge is 0.333 e. The molecular formula is C22H24INO6. The van der Waals surface area contributed by atoms with Gasteiger partial charge in [-0.3, -0.25) is 0 Å². The Morgan fingerprint density at radius 3 is 2.57 bits per heavy atom. The maximum atomic E-state index is 11.4. The predicted molar refractivity (Wildman–Crippen MR) is 119 cm³/mol. The van der Waals surface area contributed by atoms with Gasteiger partial charge >= 0.3 is 5.97 Å². The summed E-state index contributed by atoms with van der Waals surface area (Å²) in [5.41, 5.74) is 1.16. The van der Waals surface area contributed by atoms with Crippen molar-refractivity contribution in [1.29, 1.82) is 5.26 Å². The first kappa shape index (κ1) is 23.9. The number of nitrogens with zero attached hydrogens (tertiary/aromatic N) is 1. The van der Waals surface area contributed by atoms with Crippen LogP contribution in [0.2, 0.25) is 0 Å². The first-order valence-electron chi connectivity index (χ1n) is 9.39. The molecule has 8 heteroatoms. The van der Waals surface area contributed by atoms with Gasteiger partial charge < -0.3 is 24.4 Å². The van der Waals surface area contributed by atoms with Crippen molar-refractivity contribution in [3.8, 4) is 17.6 Å². The number of ether oxygens (including phenoxy) is 3. The van der Waals surface area contributed by atoms with Crippen LogP contribution in [0.5, 0.6) is 11.5 Å². The zero-order valence-electron chi connectivity index (χ0n) is 16.7. The van der Waals surface area contributed by atoms with E-state index in [1.54, 1.807) is 50.2 Å². The van der Waals surface area contributed by atoms with Crippen LogP contribution in [0.1, 0.15) is 25.0 Å². The van der Waals surface area contributed by atoms with Crippen molar-refractivity contribution in [1.82, 2.24) is 0 Å². The summed E-state index contributed by atoms with van der Waals surface area (Å²) < 4.78 is 17.5. The first-order valence-corrected chi connectivity index (χ1v) is 10.5. The molecule has 30 heavy (non-hydrogen) atoms. The third-order valence-electron chi connectivity index (χ3n) is 3.97. The SMILES string of the molecule is CC(C)OC(Cc1cccc(OCC(O)COc2ccc(I)cc2C#N)c1)C(=O)O. The Balaban J connectivity index is 1.89. The van der Waals surface area contributed by atoms with E-state index in [0.717, 1.165) is 9.13 Å². The zero-order valence-corrected chi connectivity index (χ0v) is 18.9. The molecule has 7 nitrogen and oxygen atoms in total. The van der Waals surface area contributed by atoms with Crippen molar-refractivity contribution < 1.29 is 29.2 Å². The van der Waals surface area contributed by atoms with Crippen molar-refractivity contribution in [2.24, 2.45) is 0 Å². The highest BCUT2D eigenvalue weighted by atomic mass is 127. The van der Waals surface area contributed by atoms with Gasteiger partial charge in [0.1, 0.15) is 36.9 Å². The van der Waals surface area contributed by atoms with Crippen molar-refractivity contribution in [3.63, 3.8) is 0 Å². The molecule has 0 spiro atoms. The lowest BCUT2D eigenvalue weighted by atomic mass is 10.1. The molecule has 2 aromatic carbocycles. The molecule has 160 valence electrons. The summed E-state index contributed by atoms with van der Waals surface area (Å²) in [4.78, 5) is 11.4. The lowest BCUT2D eigenvalue weighted by Gasteiger charge is -2.17. The van der Waals surface area contributed by atoms with Crippen LogP contribution in [0, 0.1) is 14.9 Å². The second-order valence-electron chi connectivity index (χ2n) is 6.89. The van der Waals surface area contributed by atoms with Gasteiger partial charge in [-0.15, -0.1) is 0 Å². The van der Waals surface area contributed by atoms with Crippen molar-refractivity contribution in [2.45, 2.75) is 38.6 Å². The Hall–Kier alpha value is -2.35. The van der Waals surface area contributed by atoms with E-state index in [9.17, 15) is 15.0 Å². The Morgan fingerprint density at radius 1 is 1.17 bits per heavy atom. The van der Waals surface area contributed by atoms with E-state index in [2.05, 4.69) is 28.7 Å². The molecule has 0 aliphatic carbocycles. The molecule has 0 aliphatic heterocycles. The predicted octanol–water partition coefficient (Wildman–Crippen LogP) is 3.40.